The van der Waals surface area contributed by atoms with Gasteiger partial charge < -0.3 is 5.73 Å². The second kappa shape index (κ2) is 3.69. The van der Waals surface area contributed by atoms with Gasteiger partial charge in [-0.2, -0.15) is 0 Å². The van der Waals surface area contributed by atoms with Crippen molar-refractivity contribution < 1.29 is 4.79 Å². The highest BCUT2D eigenvalue weighted by Crippen LogP contribution is 2.16. The molecule has 0 saturated heterocycles. The first-order valence-corrected chi connectivity index (χ1v) is 4.53. The van der Waals surface area contributed by atoms with Crippen LogP contribution in [-0.4, -0.2) is 17.5 Å². The van der Waals surface area contributed by atoms with Crippen molar-refractivity contribution >= 4 is 34.6 Å². The van der Waals surface area contributed by atoms with Gasteiger partial charge in [0.25, 0.3) is 0 Å². The molecule has 0 aliphatic rings. The quantitative estimate of drug-likeness (QED) is 0.337. The van der Waals surface area contributed by atoms with Gasteiger partial charge in [-0.3, -0.25) is 10.2 Å². The number of carbonyl (C=O) groups is 1. The highest BCUT2D eigenvalue weighted by molar-refractivity contribution is 7.16. The summed E-state index contributed by atoms with van der Waals surface area (Å²) in [6.45, 7) is 0. The first kappa shape index (κ1) is 9.22. The third-order valence-electron chi connectivity index (χ3n) is 1.27. The Morgan fingerprint density at radius 2 is 2.17 bits per heavy atom. The van der Waals surface area contributed by atoms with E-state index in [1.54, 1.807) is 12.1 Å². The van der Waals surface area contributed by atoms with Crippen molar-refractivity contribution in [1.82, 2.24) is 0 Å². The molecule has 1 aromatic heterocycles. The molecule has 1 aromatic rings. The second-order valence-electron chi connectivity index (χ2n) is 2.13. The fraction of sp³-hybridized carbons (Fsp3) is 0.143. The predicted octanol–water partition coefficient (Wildman–Crippen LogP) is 1.45. The molecule has 0 aliphatic heterocycles. The van der Waals surface area contributed by atoms with E-state index >= 15 is 0 Å². The maximum absolute atomic E-state index is 11.0. The molecule has 12 heavy (non-hydrogen) atoms. The third kappa shape index (κ3) is 1.84. The summed E-state index contributed by atoms with van der Waals surface area (Å²) in [7, 11) is 0. The lowest BCUT2D eigenvalue weighted by Gasteiger charge is -1.89. The van der Waals surface area contributed by atoms with Gasteiger partial charge in [-0.05, 0) is 12.1 Å². The number of alkyl halides is 1. The predicted molar refractivity (Wildman–Crippen MR) is 50.4 cm³/mol. The normalized spacial score (nSPS) is 9.75. The summed E-state index contributed by atoms with van der Waals surface area (Å²) in [5.41, 5.74) is 5.22. The highest BCUT2D eigenvalue weighted by atomic mass is 35.5. The Balaban J connectivity index is 2.91. The van der Waals surface area contributed by atoms with Crippen LogP contribution < -0.4 is 5.73 Å². The smallest absolute Gasteiger partial charge is 0.187 e. The van der Waals surface area contributed by atoms with E-state index in [0.29, 0.717) is 9.75 Å². The highest BCUT2D eigenvalue weighted by Gasteiger charge is 2.08. The van der Waals surface area contributed by atoms with Gasteiger partial charge in [0.1, 0.15) is 5.84 Å². The molecule has 1 heterocycles. The van der Waals surface area contributed by atoms with Crippen LogP contribution in [0.2, 0.25) is 0 Å². The number of halogens is 1. The zero-order chi connectivity index (χ0) is 9.14. The van der Waals surface area contributed by atoms with Crippen molar-refractivity contribution in [3.05, 3.63) is 21.9 Å². The van der Waals surface area contributed by atoms with E-state index in [4.69, 9.17) is 22.7 Å². The fourth-order valence-electron chi connectivity index (χ4n) is 0.698. The van der Waals surface area contributed by atoms with Crippen LogP contribution in [0.4, 0.5) is 0 Å². The molecule has 0 fully saturated rings. The maximum atomic E-state index is 11.0. The number of hydrogen-bond acceptors (Lipinski definition) is 3. The summed E-state index contributed by atoms with van der Waals surface area (Å²) in [5.74, 6) is -0.180. The number of thiophene rings is 1. The van der Waals surface area contributed by atoms with E-state index in [0.717, 1.165) is 0 Å². The minimum absolute atomic E-state index is 0.0198. The van der Waals surface area contributed by atoms with Crippen molar-refractivity contribution in [3.8, 4) is 0 Å². The molecular formula is C7H7ClN2OS. The van der Waals surface area contributed by atoms with Crippen LogP contribution in [0.15, 0.2) is 12.1 Å². The largest absolute Gasteiger partial charge is 0.383 e. The van der Waals surface area contributed by atoms with Gasteiger partial charge in [-0.15, -0.1) is 22.9 Å². The molecule has 0 spiro atoms. The number of Topliss-reactive ketones (excluding diaryl/α,β-unsaturated/α-hetero) is 1. The molecule has 0 amide bonds. The first-order chi connectivity index (χ1) is 5.65. The number of rotatable bonds is 3. The molecule has 0 saturated carbocycles. The van der Waals surface area contributed by atoms with E-state index in [1.807, 2.05) is 0 Å². The van der Waals surface area contributed by atoms with Crippen molar-refractivity contribution in [3.63, 3.8) is 0 Å². The summed E-state index contributed by atoms with van der Waals surface area (Å²) < 4.78 is 0. The number of ketones is 1. The van der Waals surface area contributed by atoms with Gasteiger partial charge in [-0.25, -0.2) is 0 Å². The van der Waals surface area contributed by atoms with Crippen molar-refractivity contribution in [2.45, 2.75) is 0 Å². The number of hydrogen-bond donors (Lipinski definition) is 2. The molecule has 3 nitrogen and oxygen atoms in total. The molecule has 0 bridgehead atoms. The van der Waals surface area contributed by atoms with Gasteiger partial charge >= 0.3 is 0 Å². The topological polar surface area (TPSA) is 66.9 Å². The lowest BCUT2D eigenvalue weighted by molar-refractivity contribution is 0.102. The summed E-state index contributed by atoms with van der Waals surface area (Å²) in [4.78, 5) is 12.2. The number of nitrogen functional groups attached to an aromatic ring is 1. The number of nitrogens with two attached hydrogens (primary N) is 1. The number of carbonyl (C=O) groups excluding carboxylic acids is 1. The summed E-state index contributed by atoms with van der Waals surface area (Å²) in [5, 5.41) is 7.09. The molecule has 0 radical (unpaired) electrons. The molecule has 0 unspecified atom stereocenters. The van der Waals surface area contributed by atoms with Crippen molar-refractivity contribution in [2.24, 2.45) is 5.73 Å². The Kier molecular flexibility index (Phi) is 2.83. The average molecular weight is 203 g/mol. The molecule has 64 valence electrons. The standard InChI is InChI=1S/C7H7ClN2OS/c8-3-4(11)5-1-2-6(12-5)7(9)10/h1-2H,3H2,(H3,9,10). The minimum atomic E-state index is -0.130. The maximum Gasteiger partial charge on any atom is 0.187 e. The van der Waals surface area contributed by atoms with Crippen LogP contribution in [0.5, 0.6) is 0 Å². The monoisotopic (exact) mass is 202 g/mol. The number of nitrogens with one attached hydrogen (secondary N) is 1. The average Bonchev–Trinajstić information content (AvgIpc) is 2.51. The first-order valence-electron chi connectivity index (χ1n) is 3.18. The Morgan fingerprint density at radius 3 is 2.58 bits per heavy atom. The van der Waals surface area contributed by atoms with Gasteiger partial charge in [-0.1, -0.05) is 0 Å². The van der Waals surface area contributed by atoms with E-state index in [2.05, 4.69) is 0 Å². The second-order valence-corrected chi connectivity index (χ2v) is 3.49. The fourth-order valence-corrected chi connectivity index (χ4v) is 1.73. The lowest BCUT2D eigenvalue weighted by Crippen LogP contribution is -2.08. The van der Waals surface area contributed by atoms with Gasteiger partial charge in [0.05, 0.1) is 15.6 Å². The van der Waals surface area contributed by atoms with E-state index in [-0.39, 0.29) is 17.5 Å². The Morgan fingerprint density at radius 1 is 1.58 bits per heavy atom. The molecule has 0 atom stereocenters. The zero-order valence-corrected chi connectivity index (χ0v) is 7.71. The van der Waals surface area contributed by atoms with Crippen molar-refractivity contribution in [1.29, 1.82) is 5.41 Å². The Hall–Kier alpha value is -0.870. The van der Waals surface area contributed by atoms with E-state index in [9.17, 15) is 4.79 Å². The molecular weight excluding hydrogens is 196 g/mol. The Labute approximate surface area is 78.7 Å². The summed E-state index contributed by atoms with van der Waals surface area (Å²) >= 11 is 6.54. The molecule has 5 heteroatoms. The van der Waals surface area contributed by atoms with E-state index in [1.165, 1.54) is 11.3 Å². The Bertz CT molecular complexity index is 321. The van der Waals surface area contributed by atoms with Crippen LogP contribution in [0.25, 0.3) is 0 Å². The molecule has 3 N–H and O–H groups in total. The number of amidine groups is 1. The summed E-state index contributed by atoms with van der Waals surface area (Å²) in [6, 6.07) is 3.28. The van der Waals surface area contributed by atoms with Gasteiger partial charge in [0.15, 0.2) is 5.78 Å². The SMILES string of the molecule is N=C(N)c1ccc(C(=O)CCl)s1. The molecule has 1 rings (SSSR count). The van der Waals surface area contributed by atoms with Crippen molar-refractivity contribution in [2.75, 3.05) is 5.88 Å². The van der Waals surface area contributed by atoms with Gasteiger partial charge in [0.2, 0.25) is 0 Å². The zero-order valence-electron chi connectivity index (χ0n) is 6.13. The van der Waals surface area contributed by atoms with Crippen LogP contribution >= 0.6 is 22.9 Å². The van der Waals surface area contributed by atoms with Crippen LogP contribution in [0, 0.1) is 5.41 Å². The van der Waals surface area contributed by atoms with Crippen LogP contribution in [-0.2, 0) is 0 Å². The van der Waals surface area contributed by atoms with Crippen LogP contribution in [0.3, 0.4) is 0 Å². The molecule has 0 aromatic carbocycles. The molecule has 0 aliphatic carbocycles. The van der Waals surface area contributed by atoms with Gasteiger partial charge in [0, 0.05) is 0 Å². The third-order valence-corrected chi connectivity index (χ3v) is 2.67. The van der Waals surface area contributed by atoms with E-state index < -0.39 is 0 Å². The summed E-state index contributed by atoms with van der Waals surface area (Å²) in [6.07, 6.45) is 0. The van der Waals surface area contributed by atoms with Crippen LogP contribution in [0.1, 0.15) is 14.5 Å². The minimum Gasteiger partial charge on any atom is -0.383 e. The lowest BCUT2D eigenvalue weighted by atomic mass is 10.3.